The molecule has 14 heteroatoms. The minimum absolute atomic E-state index is 0.186. The molecule has 0 spiro atoms. The second kappa shape index (κ2) is 16.6. The van der Waals surface area contributed by atoms with Crippen LogP contribution in [0.2, 0.25) is 0 Å². The summed E-state index contributed by atoms with van der Waals surface area (Å²) in [7, 11) is 0. The van der Waals surface area contributed by atoms with Crippen molar-refractivity contribution in [1.82, 2.24) is 16.1 Å². The van der Waals surface area contributed by atoms with E-state index in [1.165, 1.54) is 18.3 Å². The number of allylic oxidation sites excluding steroid dienone is 1. The molecule has 1 aliphatic heterocycles. The molecule has 4 N–H and O–H groups in total. The molecule has 0 saturated heterocycles. The fraction of sp³-hybridized carbons (Fsp3) is 0.242. The molecule has 1 amide bonds. The maximum absolute atomic E-state index is 12.8. The summed E-state index contributed by atoms with van der Waals surface area (Å²) in [5.41, 5.74) is 5.55. The summed E-state index contributed by atoms with van der Waals surface area (Å²) in [6.07, 6.45) is 1.45. The summed E-state index contributed by atoms with van der Waals surface area (Å²) < 4.78 is 23.4. The van der Waals surface area contributed by atoms with Crippen LogP contribution in [0.5, 0.6) is 17.2 Å². The van der Waals surface area contributed by atoms with Crippen molar-refractivity contribution in [2.75, 3.05) is 19.8 Å². The van der Waals surface area contributed by atoms with Gasteiger partial charge in [0.1, 0.15) is 12.4 Å². The highest BCUT2D eigenvalue weighted by molar-refractivity contribution is 9.10. The van der Waals surface area contributed by atoms with Gasteiger partial charge in [-0.15, -0.1) is 0 Å². The second-order valence-electron chi connectivity index (χ2n) is 9.96. The Balaban J connectivity index is 1.40. The van der Waals surface area contributed by atoms with Crippen LogP contribution in [0.25, 0.3) is 0 Å². The van der Waals surface area contributed by atoms with Gasteiger partial charge < -0.3 is 34.7 Å². The third kappa shape index (κ3) is 9.30. The zero-order valence-corrected chi connectivity index (χ0v) is 28.2. The van der Waals surface area contributed by atoms with Crippen LogP contribution in [0.1, 0.15) is 53.9 Å². The van der Waals surface area contributed by atoms with E-state index < -0.39 is 23.9 Å². The van der Waals surface area contributed by atoms with Crippen LogP contribution < -0.4 is 30.3 Å². The number of aromatic carboxylic acids is 1. The molecule has 246 valence electrons. The number of ether oxygens (including phenoxy) is 4. The van der Waals surface area contributed by atoms with E-state index in [0.717, 1.165) is 5.56 Å². The number of hydrazone groups is 1. The molecule has 3 aromatic carbocycles. The molecule has 0 fully saturated rings. The van der Waals surface area contributed by atoms with E-state index >= 15 is 0 Å². The number of amides is 1. The lowest BCUT2D eigenvalue weighted by atomic mass is 9.95. The predicted octanol–water partition coefficient (Wildman–Crippen LogP) is 5.01. The average Bonchev–Trinajstić information content (AvgIpc) is 3.03. The average molecular weight is 726 g/mol. The zero-order valence-electron chi connectivity index (χ0n) is 25.8. The van der Waals surface area contributed by atoms with E-state index in [9.17, 15) is 14.4 Å². The molecule has 0 bridgehead atoms. The number of rotatable bonds is 14. The summed E-state index contributed by atoms with van der Waals surface area (Å²) in [6.45, 7) is 5.72. The number of carbonyl (C=O) groups excluding carboxylic acids is 2. The molecule has 1 heterocycles. The van der Waals surface area contributed by atoms with Gasteiger partial charge in [0.15, 0.2) is 23.2 Å². The van der Waals surface area contributed by atoms with Crippen molar-refractivity contribution in [3.63, 3.8) is 0 Å². The lowest BCUT2D eigenvalue weighted by Gasteiger charge is -2.30. The van der Waals surface area contributed by atoms with E-state index in [1.807, 2.05) is 6.92 Å². The van der Waals surface area contributed by atoms with Crippen molar-refractivity contribution in [2.24, 2.45) is 5.10 Å². The summed E-state index contributed by atoms with van der Waals surface area (Å²) in [5.74, 6) is -0.719. The Morgan fingerprint density at radius 2 is 1.77 bits per heavy atom. The molecule has 0 aromatic heterocycles. The fourth-order valence-electron chi connectivity index (χ4n) is 4.58. The molecule has 3 aromatic rings. The van der Waals surface area contributed by atoms with Gasteiger partial charge in [-0.2, -0.15) is 5.10 Å². The van der Waals surface area contributed by atoms with E-state index in [2.05, 4.69) is 37.1 Å². The number of hydrogen-bond donors (Lipinski definition) is 4. The van der Waals surface area contributed by atoms with Crippen molar-refractivity contribution in [3.05, 3.63) is 98.7 Å². The lowest BCUT2D eigenvalue weighted by molar-refractivity contribution is -0.139. The normalized spacial score (nSPS) is 14.2. The van der Waals surface area contributed by atoms with Gasteiger partial charge in [-0.3, -0.25) is 4.79 Å². The summed E-state index contributed by atoms with van der Waals surface area (Å²) in [5, 5.41) is 19.5. The first kappa shape index (κ1) is 34.9. The molecule has 0 aliphatic carbocycles. The van der Waals surface area contributed by atoms with Gasteiger partial charge in [0, 0.05) is 11.3 Å². The Labute approximate surface area is 285 Å². The number of halogens is 1. The third-order valence-electron chi connectivity index (χ3n) is 6.67. The highest BCUT2D eigenvalue weighted by Gasteiger charge is 2.32. The Hall–Kier alpha value is -4.95. The van der Waals surface area contributed by atoms with Crippen molar-refractivity contribution in [1.29, 1.82) is 0 Å². The van der Waals surface area contributed by atoms with Crippen molar-refractivity contribution >= 4 is 57.3 Å². The zero-order chi connectivity index (χ0) is 33.9. The van der Waals surface area contributed by atoms with Crippen LogP contribution >= 0.6 is 28.1 Å². The minimum atomic E-state index is -1.00. The molecule has 12 nitrogen and oxygen atoms in total. The van der Waals surface area contributed by atoms with E-state index in [4.69, 9.17) is 36.3 Å². The smallest absolute Gasteiger partial charge is 0.338 e. The van der Waals surface area contributed by atoms with E-state index in [1.54, 1.807) is 62.4 Å². The minimum Gasteiger partial charge on any atom is -0.490 e. The van der Waals surface area contributed by atoms with Crippen LogP contribution in [-0.2, 0) is 20.9 Å². The first-order valence-electron chi connectivity index (χ1n) is 14.5. The summed E-state index contributed by atoms with van der Waals surface area (Å²) in [6, 6.07) is 16.2. The van der Waals surface area contributed by atoms with Gasteiger partial charge in [0.2, 0.25) is 0 Å². The molecule has 0 saturated carbocycles. The molecule has 1 atom stereocenters. The maximum Gasteiger partial charge on any atom is 0.338 e. The Morgan fingerprint density at radius 1 is 1.02 bits per heavy atom. The molecule has 0 radical (unpaired) electrons. The molecular weight excluding hydrogens is 692 g/mol. The van der Waals surface area contributed by atoms with Gasteiger partial charge in [-0.25, -0.2) is 15.0 Å². The number of carboxylic acid groups (broad SMARTS) is 1. The van der Waals surface area contributed by atoms with E-state index in [-0.39, 0.29) is 25.4 Å². The van der Waals surface area contributed by atoms with Crippen LogP contribution in [0, 0.1) is 0 Å². The van der Waals surface area contributed by atoms with Crippen molar-refractivity contribution < 1.29 is 38.4 Å². The number of carbonyl (C=O) groups is 3. The second-order valence-corrected chi connectivity index (χ2v) is 11.2. The lowest BCUT2D eigenvalue weighted by Crippen LogP contribution is -2.45. The highest BCUT2D eigenvalue weighted by atomic mass is 79.9. The van der Waals surface area contributed by atoms with Crippen molar-refractivity contribution in [2.45, 2.75) is 33.4 Å². The number of nitrogens with zero attached hydrogens (tertiary/aromatic N) is 1. The number of nitrogens with one attached hydrogen (secondary N) is 3. The standard InChI is InChI=1S/C33H33BrN4O8S/c1-4-43-26-15-21(14-24(34)30(26)46-17-20-10-12-22(13-11-20)31(40)41)16-35-38-27(39)18-45-25-9-7-6-8-23(25)29-28(32(42)44-5-2)19(3)36-33(47)37-29/h6-16,29H,4-5,17-18H2,1-3H3,(H,38,39)(H,40,41)(H2,36,37,47)/t29-/m0/s1. The number of thiocarbonyl (C=S) groups is 1. The topological polar surface area (TPSA) is 157 Å². The van der Waals surface area contributed by atoms with Gasteiger partial charge >= 0.3 is 11.9 Å². The SMILES string of the molecule is CCOC(=O)C1=C(C)NC(=S)N[C@H]1c1ccccc1OCC(=O)NN=Cc1cc(Br)c(OCc2ccc(C(=O)O)cc2)c(OCC)c1. The highest BCUT2D eigenvalue weighted by Crippen LogP contribution is 2.37. The molecule has 47 heavy (non-hydrogen) atoms. The number of hydrogen-bond acceptors (Lipinski definition) is 9. The monoisotopic (exact) mass is 724 g/mol. The third-order valence-corrected chi connectivity index (χ3v) is 7.48. The maximum atomic E-state index is 12.8. The Morgan fingerprint density at radius 3 is 2.47 bits per heavy atom. The van der Waals surface area contributed by atoms with Crippen molar-refractivity contribution in [3.8, 4) is 17.2 Å². The fourth-order valence-corrected chi connectivity index (χ4v) is 5.42. The number of para-hydroxylation sites is 1. The van der Waals surface area contributed by atoms with Gasteiger partial charge in [0.25, 0.3) is 5.91 Å². The van der Waals surface area contributed by atoms with E-state index in [0.29, 0.717) is 55.8 Å². The molecule has 4 rings (SSSR count). The summed E-state index contributed by atoms with van der Waals surface area (Å²) >= 11 is 8.83. The quantitative estimate of drug-likeness (QED) is 0.0767. The Bertz CT molecular complexity index is 1710. The van der Waals surface area contributed by atoms with Gasteiger partial charge in [-0.1, -0.05) is 30.3 Å². The number of benzene rings is 3. The first-order valence-corrected chi connectivity index (χ1v) is 15.7. The summed E-state index contributed by atoms with van der Waals surface area (Å²) in [4.78, 5) is 36.5. The molecular formula is C33H33BrN4O8S. The predicted molar refractivity (Wildman–Crippen MR) is 182 cm³/mol. The van der Waals surface area contributed by atoms with Crippen LogP contribution in [0.4, 0.5) is 0 Å². The van der Waals surface area contributed by atoms with Gasteiger partial charge in [-0.05, 0) is 90.4 Å². The largest absolute Gasteiger partial charge is 0.490 e. The van der Waals surface area contributed by atoms with Crippen LogP contribution in [0.3, 0.4) is 0 Å². The Kier molecular flexibility index (Phi) is 12.3. The number of esters is 1. The first-order chi connectivity index (χ1) is 22.6. The van der Waals surface area contributed by atoms with Crippen LogP contribution in [-0.4, -0.2) is 54.1 Å². The van der Waals surface area contributed by atoms with Crippen LogP contribution in [0.15, 0.2) is 81.5 Å². The number of carboxylic acids is 1. The molecule has 0 unspecified atom stereocenters. The van der Waals surface area contributed by atoms with Gasteiger partial charge in [0.05, 0.1) is 41.1 Å². The molecule has 1 aliphatic rings.